The molecule has 0 bridgehead atoms. The van der Waals surface area contributed by atoms with Crippen molar-refractivity contribution in [3.05, 3.63) is 28.8 Å². The maximum absolute atomic E-state index is 9.07. The van der Waals surface area contributed by atoms with Crippen LogP contribution in [0.4, 0.5) is 0 Å². The van der Waals surface area contributed by atoms with Gasteiger partial charge in [-0.15, -0.1) is 0 Å². The molecular weight excluding hydrogens is 214 g/mol. The summed E-state index contributed by atoms with van der Waals surface area (Å²) in [7, 11) is 3.61. The first-order chi connectivity index (χ1) is 7.99. The van der Waals surface area contributed by atoms with Crippen LogP contribution in [0.3, 0.4) is 0 Å². The van der Waals surface area contributed by atoms with Gasteiger partial charge in [0.25, 0.3) is 0 Å². The third kappa shape index (κ3) is 3.45. The molecular formula is C14H23NO2. The Morgan fingerprint density at radius 2 is 2.00 bits per heavy atom. The molecule has 0 fully saturated rings. The van der Waals surface area contributed by atoms with Crippen LogP contribution in [-0.2, 0) is 6.54 Å². The fourth-order valence-corrected chi connectivity index (χ4v) is 1.88. The SMILES string of the molecule is COc1cc(C)c(CN(C)CO)cc1C(C)C. The predicted molar refractivity (Wildman–Crippen MR) is 70.4 cm³/mol. The number of aliphatic hydroxyl groups excluding tert-OH is 1. The molecule has 0 unspecified atom stereocenters. The van der Waals surface area contributed by atoms with E-state index in [1.165, 1.54) is 16.7 Å². The molecule has 0 saturated heterocycles. The van der Waals surface area contributed by atoms with Crippen molar-refractivity contribution in [2.75, 3.05) is 20.9 Å². The van der Waals surface area contributed by atoms with Gasteiger partial charge in [-0.3, -0.25) is 4.90 Å². The Hall–Kier alpha value is -1.06. The molecule has 17 heavy (non-hydrogen) atoms. The lowest BCUT2D eigenvalue weighted by Gasteiger charge is -2.19. The smallest absolute Gasteiger partial charge is 0.122 e. The molecule has 0 atom stereocenters. The number of hydrogen-bond donors (Lipinski definition) is 1. The largest absolute Gasteiger partial charge is 0.496 e. The van der Waals surface area contributed by atoms with Crippen molar-refractivity contribution in [3.63, 3.8) is 0 Å². The summed E-state index contributed by atoms with van der Waals surface area (Å²) < 4.78 is 5.41. The Balaban J connectivity index is 3.10. The molecule has 0 aliphatic heterocycles. The maximum atomic E-state index is 9.07. The molecule has 0 saturated carbocycles. The van der Waals surface area contributed by atoms with Crippen LogP contribution in [-0.4, -0.2) is 30.9 Å². The zero-order chi connectivity index (χ0) is 13.0. The molecule has 96 valence electrons. The van der Waals surface area contributed by atoms with E-state index in [1.807, 2.05) is 11.9 Å². The number of ether oxygens (including phenoxy) is 1. The van der Waals surface area contributed by atoms with E-state index in [9.17, 15) is 0 Å². The van der Waals surface area contributed by atoms with Crippen LogP contribution in [0.5, 0.6) is 5.75 Å². The number of rotatable bonds is 5. The van der Waals surface area contributed by atoms with E-state index in [2.05, 4.69) is 32.9 Å². The summed E-state index contributed by atoms with van der Waals surface area (Å²) in [5.41, 5.74) is 3.66. The lowest BCUT2D eigenvalue weighted by molar-refractivity contribution is 0.126. The fourth-order valence-electron chi connectivity index (χ4n) is 1.88. The third-order valence-corrected chi connectivity index (χ3v) is 2.99. The first-order valence-corrected chi connectivity index (χ1v) is 5.96. The quantitative estimate of drug-likeness (QED) is 0.799. The number of nitrogens with zero attached hydrogens (tertiary/aromatic N) is 1. The van der Waals surface area contributed by atoms with Gasteiger partial charge in [0, 0.05) is 6.54 Å². The zero-order valence-electron chi connectivity index (χ0n) is 11.4. The summed E-state index contributed by atoms with van der Waals surface area (Å²) in [6.07, 6.45) is 0. The summed E-state index contributed by atoms with van der Waals surface area (Å²) in [6, 6.07) is 4.26. The highest BCUT2D eigenvalue weighted by Gasteiger charge is 2.12. The molecule has 0 radical (unpaired) electrons. The Labute approximate surface area is 104 Å². The van der Waals surface area contributed by atoms with E-state index in [1.54, 1.807) is 7.11 Å². The van der Waals surface area contributed by atoms with Gasteiger partial charge in [-0.05, 0) is 42.6 Å². The number of methoxy groups -OCH3 is 1. The zero-order valence-corrected chi connectivity index (χ0v) is 11.4. The van der Waals surface area contributed by atoms with E-state index in [0.717, 1.165) is 12.3 Å². The molecule has 1 rings (SSSR count). The van der Waals surface area contributed by atoms with Crippen LogP contribution < -0.4 is 4.74 Å². The number of benzene rings is 1. The van der Waals surface area contributed by atoms with Crippen LogP contribution in [0.2, 0.25) is 0 Å². The first-order valence-electron chi connectivity index (χ1n) is 5.96. The topological polar surface area (TPSA) is 32.7 Å². The second-order valence-electron chi connectivity index (χ2n) is 4.83. The maximum Gasteiger partial charge on any atom is 0.122 e. The number of hydrogen-bond acceptors (Lipinski definition) is 3. The van der Waals surface area contributed by atoms with Crippen LogP contribution in [0.25, 0.3) is 0 Å². The molecule has 3 heteroatoms. The van der Waals surface area contributed by atoms with Crippen molar-refractivity contribution in [1.82, 2.24) is 4.90 Å². The third-order valence-electron chi connectivity index (χ3n) is 2.99. The molecule has 0 spiro atoms. The van der Waals surface area contributed by atoms with Gasteiger partial charge in [0.15, 0.2) is 0 Å². The Morgan fingerprint density at radius 1 is 1.35 bits per heavy atom. The monoisotopic (exact) mass is 237 g/mol. The minimum atomic E-state index is 0.0719. The van der Waals surface area contributed by atoms with E-state index < -0.39 is 0 Å². The van der Waals surface area contributed by atoms with Gasteiger partial charge >= 0.3 is 0 Å². The van der Waals surface area contributed by atoms with Gasteiger partial charge in [0.2, 0.25) is 0 Å². The molecule has 1 N–H and O–H groups in total. The van der Waals surface area contributed by atoms with Crippen molar-refractivity contribution in [2.45, 2.75) is 33.2 Å². The normalized spacial score (nSPS) is 11.3. The molecule has 0 aliphatic carbocycles. The first kappa shape index (κ1) is 14.0. The van der Waals surface area contributed by atoms with Crippen LogP contribution in [0.1, 0.15) is 36.5 Å². The van der Waals surface area contributed by atoms with Crippen molar-refractivity contribution >= 4 is 0 Å². The predicted octanol–water partition coefficient (Wildman–Crippen LogP) is 2.51. The number of aliphatic hydroxyl groups is 1. The Morgan fingerprint density at radius 3 is 2.47 bits per heavy atom. The van der Waals surface area contributed by atoms with E-state index in [0.29, 0.717) is 5.92 Å². The van der Waals surface area contributed by atoms with Crippen LogP contribution in [0.15, 0.2) is 12.1 Å². The highest BCUT2D eigenvalue weighted by molar-refractivity contribution is 5.43. The summed E-state index contributed by atoms with van der Waals surface area (Å²) in [5, 5.41) is 9.07. The van der Waals surface area contributed by atoms with Gasteiger partial charge in [-0.2, -0.15) is 0 Å². The lowest BCUT2D eigenvalue weighted by Crippen LogP contribution is -2.19. The van der Waals surface area contributed by atoms with E-state index in [-0.39, 0.29) is 6.73 Å². The average Bonchev–Trinajstić information content (AvgIpc) is 2.30. The number of aryl methyl sites for hydroxylation is 1. The minimum Gasteiger partial charge on any atom is -0.496 e. The molecule has 3 nitrogen and oxygen atoms in total. The molecule has 1 aromatic rings. The summed E-state index contributed by atoms with van der Waals surface area (Å²) in [4.78, 5) is 1.87. The summed E-state index contributed by atoms with van der Waals surface area (Å²) in [6.45, 7) is 7.22. The van der Waals surface area contributed by atoms with Gasteiger partial charge in [-0.25, -0.2) is 0 Å². The standard InChI is InChI=1S/C14H23NO2/c1-10(2)13-7-12(8-15(4)9-16)11(3)6-14(13)17-5/h6-7,10,16H,8-9H2,1-5H3. The van der Waals surface area contributed by atoms with Gasteiger partial charge in [0.1, 0.15) is 5.75 Å². The Bertz CT molecular complexity index is 375. The van der Waals surface area contributed by atoms with Crippen molar-refractivity contribution in [2.24, 2.45) is 0 Å². The molecule has 0 aromatic heterocycles. The van der Waals surface area contributed by atoms with E-state index in [4.69, 9.17) is 9.84 Å². The van der Waals surface area contributed by atoms with Crippen LogP contribution >= 0.6 is 0 Å². The van der Waals surface area contributed by atoms with Crippen molar-refractivity contribution in [1.29, 1.82) is 0 Å². The van der Waals surface area contributed by atoms with Crippen molar-refractivity contribution in [3.8, 4) is 5.75 Å². The molecule has 0 heterocycles. The second-order valence-corrected chi connectivity index (χ2v) is 4.83. The highest BCUT2D eigenvalue weighted by atomic mass is 16.5. The Kier molecular flexibility index (Phi) is 4.97. The molecule has 0 aliphatic rings. The van der Waals surface area contributed by atoms with Crippen LogP contribution in [0, 0.1) is 6.92 Å². The van der Waals surface area contributed by atoms with Gasteiger partial charge in [0.05, 0.1) is 13.8 Å². The molecule has 0 amide bonds. The van der Waals surface area contributed by atoms with E-state index >= 15 is 0 Å². The second kappa shape index (κ2) is 6.03. The van der Waals surface area contributed by atoms with Crippen molar-refractivity contribution < 1.29 is 9.84 Å². The minimum absolute atomic E-state index is 0.0719. The summed E-state index contributed by atoms with van der Waals surface area (Å²) >= 11 is 0. The summed E-state index contributed by atoms with van der Waals surface area (Å²) in [5.74, 6) is 1.39. The average molecular weight is 237 g/mol. The highest BCUT2D eigenvalue weighted by Crippen LogP contribution is 2.29. The lowest BCUT2D eigenvalue weighted by atomic mass is 9.96. The molecule has 1 aromatic carbocycles. The van der Waals surface area contributed by atoms with Gasteiger partial charge in [-0.1, -0.05) is 19.9 Å². The fraction of sp³-hybridized carbons (Fsp3) is 0.571. The van der Waals surface area contributed by atoms with Gasteiger partial charge < -0.3 is 9.84 Å².